The molecule has 1 atom stereocenters. The third-order valence-electron chi connectivity index (χ3n) is 2.11. The van der Waals surface area contributed by atoms with Gasteiger partial charge in [-0.3, -0.25) is 0 Å². The van der Waals surface area contributed by atoms with Crippen LogP contribution in [0.2, 0.25) is 5.02 Å². The number of thiophene rings is 1. The van der Waals surface area contributed by atoms with Gasteiger partial charge in [0.05, 0.1) is 6.04 Å². The number of halogens is 1. The maximum Gasteiger partial charge on any atom is 0.0560 e. The summed E-state index contributed by atoms with van der Waals surface area (Å²) in [6, 6.07) is 9.64. The van der Waals surface area contributed by atoms with Crippen molar-refractivity contribution in [2.75, 3.05) is 0 Å². The number of hydrogen-bond acceptors (Lipinski definition) is 2. The highest BCUT2D eigenvalue weighted by molar-refractivity contribution is 7.08. The summed E-state index contributed by atoms with van der Waals surface area (Å²) in [6.07, 6.45) is 0. The topological polar surface area (TPSA) is 26.0 Å². The maximum absolute atomic E-state index is 6.08. The highest BCUT2D eigenvalue weighted by Gasteiger charge is 2.08. The molecular formula is C11H10ClNS. The first-order valence-electron chi connectivity index (χ1n) is 4.30. The third-order valence-corrected chi connectivity index (χ3v) is 3.05. The van der Waals surface area contributed by atoms with Gasteiger partial charge in [0.2, 0.25) is 0 Å². The van der Waals surface area contributed by atoms with Crippen LogP contribution >= 0.6 is 22.9 Å². The molecule has 0 saturated carbocycles. The van der Waals surface area contributed by atoms with Gasteiger partial charge >= 0.3 is 0 Å². The van der Waals surface area contributed by atoms with Crippen molar-refractivity contribution in [2.45, 2.75) is 6.04 Å². The van der Waals surface area contributed by atoms with Gasteiger partial charge in [0.1, 0.15) is 0 Å². The molecule has 14 heavy (non-hydrogen) atoms. The first kappa shape index (κ1) is 9.71. The predicted octanol–water partition coefficient (Wildman–Crippen LogP) is 3.45. The summed E-state index contributed by atoms with van der Waals surface area (Å²) in [6.45, 7) is 0. The molecule has 0 aliphatic rings. The molecule has 0 fully saturated rings. The van der Waals surface area contributed by atoms with Gasteiger partial charge in [-0.2, -0.15) is 11.3 Å². The molecule has 1 heterocycles. The van der Waals surface area contributed by atoms with Gasteiger partial charge in [0.15, 0.2) is 0 Å². The van der Waals surface area contributed by atoms with E-state index in [0.717, 1.165) is 16.1 Å². The molecule has 1 aromatic heterocycles. The molecule has 0 aliphatic heterocycles. The van der Waals surface area contributed by atoms with E-state index in [1.165, 1.54) is 0 Å². The van der Waals surface area contributed by atoms with Crippen LogP contribution < -0.4 is 5.73 Å². The lowest BCUT2D eigenvalue weighted by Crippen LogP contribution is -2.10. The predicted molar refractivity (Wildman–Crippen MR) is 61.8 cm³/mol. The van der Waals surface area contributed by atoms with Crippen molar-refractivity contribution in [3.63, 3.8) is 0 Å². The SMILES string of the molecule is N[C@@H](c1ccsc1)c1cccc(Cl)c1. The van der Waals surface area contributed by atoms with Gasteiger partial charge in [-0.1, -0.05) is 23.7 Å². The van der Waals surface area contributed by atoms with Gasteiger partial charge in [-0.25, -0.2) is 0 Å². The summed E-state index contributed by atoms with van der Waals surface area (Å²) in [4.78, 5) is 0. The molecule has 0 radical (unpaired) electrons. The summed E-state index contributed by atoms with van der Waals surface area (Å²) >= 11 is 7.55. The Morgan fingerprint density at radius 1 is 1.21 bits per heavy atom. The Balaban J connectivity index is 2.32. The van der Waals surface area contributed by atoms with Gasteiger partial charge in [-0.05, 0) is 40.1 Å². The van der Waals surface area contributed by atoms with E-state index in [1.807, 2.05) is 35.7 Å². The monoisotopic (exact) mass is 223 g/mol. The second-order valence-corrected chi connectivity index (χ2v) is 4.31. The fourth-order valence-corrected chi connectivity index (χ4v) is 2.24. The van der Waals surface area contributed by atoms with E-state index in [9.17, 15) is 0 Å². The van der Waals surface area contributed by atoms with Crippen LogP contribution in [-0.4, -0.2) is 0 Å². The van der Waals surface area contributed by atoms with Crippen molar-refractivity contribution < 1.29 is 0 Å². The van der Waals surface area contributed by atoms with Gasteiger partial charge in [0, 0.05) is 5.02 Å². The molecule has 1 aromatic carbocycles. The smallest absolute Gasteiger partial charge is 0.0560 e. The summed E-state index contributed by atoms with van der Waals surface area (Å²) in [5, 5.41) is 4.82. The largest absolute Gasteiger partial charge is 0.320 e. The zero-order valence-electron chi connectivity index (χ0n) is 7.48. The van der Waals surface area contributed by atoms with Gasteiger partial charge in [0.25, 0.3) is 0 Å². The Morgan fingerprint density at radius 2 is 2.07 bits per heavy atom. The van der Waals surface area contributed by atoms with Crippen LogP contribution in [0.15, 0.2) is 41.1 Å². The summed E-state index contributed by atoms with van der Waals surface area (Å²) in [5.41, 5.74) is 8.27. The minimum atomic E-state index is -0.0695. The average Bonchev–Trinajstić information content (AvgIpc) is 2.69. The summed E-state index contributed by atoms with van der Waals surface area (Å²) in [7, 11) is 0. The molecule has 0 amide bonds. The maximum atomic E-state index is 6.08. The molecule has 0 saturated heterocycles. The lowest BCUT2D eigenvalue weighted by Gasteiger charge is -2.10. The molecule has 2 rings (SSSR count). The van der Waals surface area contributed by atoms with Crippen molar-refractivity contribution in [1.82, 2.24) is 0 Å². The molecule has 0 spiro atoms. The molecule has 1 nitrogen and oxygen atoms in total. The fourth-order valence-electron chi connectivity index (χ4n) is 1.34. The van der Waals surface area contributed by atoms with E-state index in [1.54, 1.807) is 11.3 Å². The molecule has 2 N–H and O–H groups in total. The first-order chi connectivity index (χ1) is 6.77. The minimum Gasteiger partial charge on any atom is -0.320 e. The van der Waals surface area contributed by atoms with Crippen LogP contribution in [0.1, 0.15) is 17.2 Å². The Hall–Kier alpha value is -0.830. The van der Waals surface area contributed by atoms with Crippen LogP contribution in [0.3, 0.4) is 0 Å². The number of hydrogen-bond donors (Lipinski definition) is 1. The molecule has 2 aromatic rings. The second-order valence-electron chi connectivity index (χ2n) is 3.09. The molecule has 0 bridgehead atoms. The highest BCUT2D eigenvalue weighted by Crippen LogP contribution is 2.23. The van der Waals surface area contributed by atoms with Gasteiger partial charge in [-0.15, -0.1) is 0 Å². The van der Waals surface area contributed by atoms with E-state index in [4.69, 9.17) is 17.3 Å². The first-order valence-corrected chi connectivity index (χ1v) is 5.62. The van der Waals surface area contributed by atoms with Crippen LogP contribution in [-0.2, 0) is 0 Å². The quantitative estimate of drug-likeness (QED) is 0.829. The average molecular weight is 224 g/mol. The number of nitrogens with two attached hydrogens (primary N) is 1. The van der Waals surface area contributed by atoms with Crippen LogP contribution in [0, 0.1) is 0 Å². The van der Waals surface area contributed by atoms with Crippen molar-refractivity contribution in [1.29, 1.82) is 0 Å². The molecule has 0 aliphatic carbocycles. The lowest BCUT2D eigenvalue weighted by atomic mass is 10.0. The zero-order valence-corrected chi connectivity index (χ0v) is 9.05. The summed E-state index contributed by atoms with van der Waals surface area (Å²) in [5.74, 6) is 0. The Kier molecular flexibility index (Phi) is 2.87. The van der Waals surface area contributed by atoms with Gasteiger partial charge < -0.3 is 5.73 Å². The van der Waals surface area contributed by atoms with Crippen LogP contribution in [0.25, 0.3) is 0 Å². The molecule has 3 heteroatoms. The Morgan fingerprint density at radius 3 is 2.71 bits per heavy atom. The normalized spacial score (nSPS) is 12.7. The molecule has 0 unspecified atom stereocenters. The standard InChI is InChI=1S/C11H10ClNS/c12-10-3-1-2-8(6-10)11(13)9-4-5-14-7-9/h1-7,11H,13H2/t11-/m1/s1. The third kappa shape index (κ3) is 1.98. The van der Waals surface area contributed by atoms with Crippen molar-refractivity contribution >= 4 is 22.9 Å². The number of rotatable bonds is 2. The van der Waals surface area contributed by atoms with E-state index in [0.29, 0.717) is 0 Å². The summed E-state index contributed by atoms with van der Waals surface area (Å²) < 4.78 is 0. The second kappa shape index (κ2) is 4.13. The highest BCUT2D eigenvalue weighted by atomic mass is 35.5. The lowest BCUT2D eigenvalue weighted by molar-refractivity contribution is 0.877. The minimum absolute atomic E-state index is 0.0695. The number of benzene rings is 1. The van der Waals surface area contributed by atoms with Crippen LogP contribution in [0.5, 0.6) is 0 Å². The molecular weight excluding hydrogens is 214 g/mol. The van der Waals surface area contributed by atoms with E-state index >= 15 is 0 Å². The fraction of sp³-hybridized carbons (Fsp3) is 0.0909. The van der Waals surface area contributed by atoms with E-state index in [2.05, 4.69) is 5.38 Å². The van der Waals surface area contributed by atoms with Crippen LogP contribution in [0.4, 0.5) is 0 Å². The van der Waals surface area contributed by atoms with E-state index in [-0.39, 0.29) is 6.04 Å². The van der Waals surface area contributed by atoms with Crippen molar-refractivity contribution in [3.8, 4) is 0 Å². The van der Waals surface area contributed by atoms with Crippen molar-refractivity contribution in [2.24, 2.45) is 5.73 Å². The zero-order chi connectivity index (χ0) is 9.97. The Bertz CT molecular complexity index is 411. The van der Waals surface area contributed by atoms with Crippen molar-refractivity contribution in [3.05, 3.63) is 57.2 Å². The molecule has 72 valence electrons. The Labute approximate surface area is 92.1 Å². The van der Waals surface area contributed by atoms with E-state index < -0.39 is 0 Å².